The molecule has 2 amide bonds. The molecule has 0 radical (unpaired) electrons. The highest BCUT2D eigenvalue weighted by molar-refractivity contribution is 5.74. The Morgan fingerprint density at radius 1 is 0.778 bits per heavy atom. The molecule has 0 atom stereocenters. The van der Waals surface area contributed by atoms with Gasteiger partial charge in [0, 0.05) is 51.9 Å². The van der Waals surface area contributed by atoms with E-state index in [2.05, 4.69) is 47.3 Å². The molecule has 0 N–H and O–H groups in total. The fraction of sp³-hybridized carbons (Fsp3) is 0.955. The second-order valence-electron chi connectivity index (χ2n) is 9.71. The van der Waals surface area contributed by atoms with E-state index in [-0.39, 0.29) is 0 Å². The lowest BCUT2D eigenvalue weighted by atomic mass is 9.87. The predicted molar refractivity (Wildman–Crippen MR) is 112 cm³/mol. The summed E-state index contributed by atoms with van der Waals surface area (Å²) in [6.07, 6.45) is 5.03. The first kappa shape index (κ1) is 20.9. The average molecular weight is 379 g/mol. The Bertz CT molecular complexity index is 457. The molecule has 0 aromatic carbocycles. The molecule has 27 heavy (non-hydrogen) atoms. The van der Waals surface area contributed by atoms with Crippen LogP contribution in [0.4, 0.5) is 4.79 Å². The molecular formula is C22H42N4O. The van der Waals surface area contributed by atoms with Crippen molar-refractivity contribution < 1.29 is 4.79 Å². The van der Waals surface area contributed by atoms with Crippen LogP contribution in [-0.4, -0.2) is 90.6 Å². The van der Waals surface area contributed by atoms with Gasteiger partial charge in [0.25, 0.3) is 0 Å². The van der Waals surface area contributed by atoms with Gasteiger partial charge in [0.1, 0.15) is 0 Å². The van der Waals surface area contributed by atoms with Crippen LogP contribution in [0.25, 0.3) is 0 Å². The standard InChI is InChI=1S/C22H42N4O/c1-18(2)21-7-11-25(12-8-21)22(27)26-15-13-23(14-16-26)17-20-5-9-24(10-6-20)19(3)4/h18-21H,5-17H2,1-4H3. The Hall–Kier alpha value is -0.810. The van der Waals surface area contributed by atoms with Crippen molar-refractivity contribution in [3.8, 4) is 0 Å². The quantitative estimate of drug-likeness (QED) is 0.752. The van der Waals surface area contributed by atoms with Gasteiger partial charge in [0.05, 0.1) is 0 Å². The topological polar surface area (TPSA) is 30.0 Å². The zero-order valence-electron chi connectivity index (χ0n) is 18.2. The van der Waals surface area contributed by atoms with Crippen LogP contribution in [0.15, 0.2) is 0 Å². The Morgan fingerprint density at radius 2 is 1.33 bits per heavy atom. The van der Waals surface area contributed by atoms with Gasteiger partial charge in [-0.1, -0.05) is 13.8 Å². The van der Waals surface area contributed by atoms with Gasteiger partial charge in [-0.25, -0.2) is 4.79 Å². The summed E-state index contributed by atoms with van der Waals surface area (Å²) in [5, 5.41) is 0. The molecule has 3 aliphatic rings. The Kier molecular flexibility index (Phi) is 7.43. The number of piperazine rings is 1. The summed E-state index contributed by atoms with van der Waals surface area (Å²) in [5.41, 5.74) is 0. The highest BCUT2D eigenvalue weighted by Gasteiger charge is 2.30. The van der Waals surface area contributed by atoms with Crippen molar-refractivity contribution in [3.63, 3.8) is 0 Å². The summed E-state index contributed by atoms with van der Waals surface area (Å²) in [6, 6.07) is 0.980. The maximum Gasteiger partial charge on any atom is 0.320 e. The largest absolute Gasteiger partial charge is 0.325 e. The molecule has 3 aliphatic heterocycles. The SMILES string of the molecule is CC(C)C1CCN(C(=O)N2CCN(CC3CCN(C(C)C)CC3)CC2)CC1. The van der Waals surface area contributed by atoms with E-state index >= 15 is 0 Å². The monoisotopic (exact) mass is 378 g/mol. The van der Waals surface area contributed by atoms with E-state index in [1.807, 2.05) is 0 Å². The molecule has 0 spiro atoms. The molecule has 3 fully saturated rings. The van der Waals surface area contributed by atoms with Crippen LogP contribution in [0.1, 0.15) is 53.4 Å². The molecule has 5 nitrogen and oxygen atoms in total. The van der Waals surface area contributed by atoms with Crippen LogP contribution in [0.3, 0.4) is 0 Å². The normalized spacial score (nSPS) is 25.0. The van der Waals surface area contributed by atoms with Crippen molar-refractivity contribution in [2.45, 2.75) is 59.4 Å². The van der Waals surface area contributed by atoms with E-state index in [9.17, 15) is 4.79 Å². The van der Waals surface area contributed by atoms with Crippen molar-refractivity contribution in [2.75, 3.05) is 58.9 Å². The second-order valence-corrected chi connectivity index (χ2v) is 9.71. The summed E-state index contributed by atoms with van der Waals surface area (Å²) in [4.78, 5) is 22.3. The molecule has 156 valence electrons. The van der Waals surface area contributed by atoms with Crippen LogP contribution in [0.5, 0.6) is 0 Å². The molecule has 3 saturated heterocycles. The lowest BCUT2D eigenvalue weighted by Crippen LogP contribution is -2.55. The molecule has 0 aromatic heterocycles. The van der Waals surface area contributed by atoms with E-state index < -0.39 is 0 Å². The minimum atomic E-state index is 0.294. The van der Waals surface area contributed by atoms with Crippen molar-refractivity contribution in [1.82, 2.24) is 19.6 Å². The van der Waals surface area contributed by atoms with Gasteiger partial charge < -0.3 is 14.7 Å². The fourth-order valence-electron chi connectivity index (χ4n) is 5.10. The summed E-state index contributed by atoms with van der Waals surface area (Å²) in [6.45, 7) is 18.8. The van der Waals surface area contributed by atoms with E-state index in [1.54, 1.807) is 0 Å². The Morgan fingerprint density at radius 3 is 1.85 bits per heavy atom. The summed E-state index contributed by atoms with van der Waals surface area (Å²) >= 11 is 0. The third-order valence-corrected chi connectivity index (χ3v) is 7.29. The Labute approximate surface area is 167 Å². The number of piperidine rings is 2. The third-order valence-electron chi connectivity index (χ3n) is 7.29. The predicted octanol–water partition coefficient (Wildman–Crippen LogP) is 3.21. The molecule has 0 bridgehead atoms. The van der Waals surface area contributed by atoms with Gasteiger partial charge in [-0.15, -0.1) is 0 Å². The molecule has 5 heteroatoms. The van der Waals surface area contributed by atoms with Gasteiger partial charge in [0.15, 0.2) is 0 Å². The number of rotatable bonds is 4. The fourth-order valence-corrected chi connectivity index (χ4v) is 5.10. The van der Waals surface area contributed by atoms with Crippen LogP contribution >= 0.6 is 0 Å². The number of amides is 2. The first-order chi connectivity index (χ1) is 12.9. The van der Waals surface area contributed by atoms with Gasteiger partial charge in [-0.3, -0.25) is 4.90 Å². The van der Waals surface area contributed by atoms with E-state index in [0.717, 1.165) is 57.0 Å². The molecule has 0 saturated carbocycles. The number of carbonyl (C=O) groups is 1. The number of likely N-dealkylation sites (tertiary alicyclic amines) is 2. The maximum atomic E-state index is 12.9. The van der Waals surface area contributed by atoms with Crippen molar-refractivity contribution in [3.05, 3.63) is 0 Å². The number of hydrogen-bond donors (Lipinski definition) is 0. The van der Waals surface area contributed by atoms with Gasteiger partial charge >= 0.3 is 6.03 Å². The van der Waals surface area contributed by atoms with Crippen LogP contribution < -0.4 is 0 Å². The maximum absolute atomic E-state index is 12.9. The molecule has 0 unspecified atom stereocenters. The van der Waals surface area contributed by atoms with Gasteiger partial charge in [-0.2, -0.15) is 0 Å². The molecule has 0 aromatic rings. The highest BCUT2D eigenvalue weighted by atomic mass is 16.2. The summed E-state index contributed by atoms with van der Waals surface area (Å²) in [5.74, 6) is 2.39. The van der Waals surface area contributed by atoms with Crippen LogP contribution in [-0.2, 0) is 0 Å². The molecule has 3 rings (SSSR count). The first-order valence-corrected chi connectivity index (χ1v) is 11.4. The second kappa shape index (κ2) is 9.60. The average Bonchev–Trinajstić information content (AvgIpc) is 2.68. The van der Waals surface area contributed by atoms with Crippen molar-refractivity contribution in [2.24, 2.45) is 17.8 Å². The lowest BCUT2D eigenvalue weighted by molar-refractivity contribution is 0.0785. The van der Waals surface area contributed by atoms with E-state index in [1.165, 1.54) is 45.3 Å². The zero-order valence-corrected chi connectivity index (χ0v) is 18.2. The van der Waals surface area contributed by atoms with Crippen LogP contribution in [0, 0.1) is 17.8 Å². The Balaban J connectivity index is 1.36. The lowest BCUT2D eigenvalue weighted by Gasteiger charge is -2.42. The number of carbonyl (C=O) groups excluding carboxylic acids is 1. The number of urea groups is 1. The molecule has 0 aliphatic carbocycles. The van der Waals surface area contributed by atoms with Crippen molar-refractivity contribution in [1.29, 1.82) is 0 Å². The van der Waals surface area contributed by atoms with Crippen LogP contribution in [0.2, 0.25) is 0 Å². The van der Waals surface area contributed by atoms with Gasteiger partial charge in [0.2, 0.25) is 0 Å². The van der Waals surface area contributed by atoms with E-state index in [0.29, 0.717) is 12.1 Å². The third kappa shape index (κ3) is 5.60. The number of nitrogens with zero attached hydrogens (tertiary/aromatic N) is 4. The molecule has 3 heterocycles. The number of hydrogen-bond acceptors (Lipinski definition) is 3. The highest BCUT2D eigenvalue weighted by Crippen LogP contribution is 2.25. The molecular weight excluding hydrogens is 336 g/mol. The van der Waals surface area contributed by atoms with Gasteiger partial charge in [-0.05, 0) is 70.4 Å². The summed E-state index contributed by atoms with van der Waals surface area (Å²) < 4.78 is 0. The zero-order chi connectivity index (χ0) is 19.4. The minimum Gasteiger partial charge on any atom is -0.325 e. The minimum absolute atomic E-state index is 0.294. The van der Waals surface area contributed by atoms with E-state index in [4.69, 9.17) is 0 Å². The smallest absolute Gasteiger partial charge is 0.320 e. The van der Waals surface area contributed by atoms with Crippen molar-refractivity contribution >= 4 is 6.03 Å². The first-order valence-electron chi connectivity index (χ1n) is 11.4. The summed E-state index contributed by atoms with van der Waals surface area (Å²) in [7, 11) is 0.